The van der Waals surface area contributed by atoms with Crippen LogP contribution in [0.4, 0.5) is 9.52 Å². The van der Waals surface area contributed by atoms with Gasteiger partial charge in [-0.25, -0.2) is 14.4 Å². The van der Waals surface area contributed by atoms with Gasteiger partial charge in [-0.05, 0) is 19.1 Å². The second-order valence-corrected chi connectivity index (χ2v) is 7.22. The lowest BCUT2D eigenvalue weighted by molar-refractivity contribution is -0.142. The van der Waals surface area contributed by atoms with E-state index in [1.807, 2.05) is 0 Å². The van der Waals surface area contributed by atoms with Gasteiger partial charge in [0.05, 0.1) is 30.8 Å². The lowest BCUT2D eigenvalue weighted by atomic mass is 10.2. The van der Waals surface area contributed by atoms with Crippen LogP contribution in [0.2, 0.25) is 0 Å². The van der Waals surface area contributed by atoms with Crippen LogP contribution in [0.25, 0.3) is 10.6 Å². The van der Waals surface area contributed by atoms with E-state index in [2.05, 4.69) is 15.3 Å². The maximum atomic E-state index is 13.3. The van der Waals surface area contributed by atoms with Crippen molar-refractivity contribution in [2.24, 2.45) is 0 Å². The molecule has 2 heterocycles. The molecule has 0 spiro atoms. The van der Waals surface area contributed by atoms with Crippen molar-refractivity contribution in [1.29, 1.82) is 0 Å². The molecule has 2 aromatic heterocycles. The topological polar surface area (TPSA) is 81.2 Å². The maximum absolute atomic E-state index is 13.3. The van der Waals surface area contributed by atoms with Gasteiger partial charge < -0.3 is 10.1 Å². The summed E-state index contributed by atoms with van der Waals surface area (Å²) < 4.78 is 18.2. The van der Waals surface area contributed by atoms with Crippen molar-refractivity contribution in [3.05, 3.63) is 52.2 Å². The largest absolute Gasteiger partial charge is 0.466 e. The number of ether oxygens (including phenoxy) is 1. The number of nitrogens with zero attached hydrogens (tertiary/aromatic N) is 2. The molecule has 0 saturated heterocycles. The standard InChI is InChI=1S/C18H16FN3O3S2/c1-2-25-16(24)8-14-10-27-18(21-14)22-15(23)7-13-9-26-17(20-13)11-4-3-5-12(19)6-11/h3-6,9-10H,2,7-8H2,1H3,(H,21,22,23). The van der Waals surface area contributed by atoms with E-state index in [-0.39, 0.29) is 30.5 Å². The number of thiazole rings is 2. The molecule has 1 aromatic carbocycles. The summed E-state index contributed by atoms with van der Waals surface area (Å²) in [5.74, 6) is -0.944. The molecule has 0 radical (unpaired) electrons. The van der Waals surface area contributed by atoms with Crippen molar-refractivity contribution >= 4 is 39.7 Å². The Bertz CT molecular complexity index is 955. The van der Waals surface area contributed by atoms with Gasteiger partial charge in [0.1, 0.15) is 10.8 Å². The summed E-state index contributed by atoms with van der Waals surface area (Å²) in [7, 11) is 0. The van der Waals surface area contributed by atoms with Crippen LogP contribution in [0.3, 0.4) is 0 Å². The Balaban J connectivity index is 1.57. The molecule has 6 nitrogen and oxygen atoms in total. The predicted molar refractivity (Wildman–Crippen MR) is 102 cm³/mol. The Hall–Kier alpha value is -2.65. The van der Waals surface area contributed by atoms with E-state index in [4.69, 9.17) is 4.74 Å². The zero-order chi connectivity index (χ0) is 19.2. The highest BCUT2D eigenvalue weighted by molar-refractivity contribution is 7.14. The lowest BCUT2D eigenvalue weighted by Crippen LogP contribution is -2.14. The lowest BCUT2D eigenvalue weighted by Gasteiger charge is -2.00. The molecule has 0 aliphatic heterocycles. The first kappa shape index (κ1) is 19.1. The van der Waals surface area contributed by atoms with Crippen LogP contribution in [-0.4, -0.2) is 28.5 Å². The number of benzene rings is 1. The van der Waals surface area contributed by atoms with E-state index < -0.39 is 0 Å². The van der Waals surface area contributed by atoms with Gasteiger partial charge in [0.2, 0.25) is 5.91 Å². The van der Waals surface area contributed by atoms with Gasteiger partial charge in [-0.15, -0.1) is 22.7 Å². The highest BCUT2D eigenvalue weighted by Crippen LogP contribution is 2.24. The minimum Gasteiger partial charge on any atom is -0.466 e. The van der Waals surface area contributed by atoms with Gasteiger partial charge >= 0.3 is 5.97 Å². The van der Waals surface area contributed by atoms with E-state index in [0.29, 0.717) is 33.7 Å². The minimum absolute atomic E-state index is 0.0727. The molecule has 9 heteroatoms. The van der Waals surface area contributed by atoms with Gasteiger partial charge in [-0.2, -0.15) is 0 Å². The maximum Gasteiger partial charge on any atom is 0.311 e. The summed E-state index contributed by atoms with van der Waals surface area (Å²) in [5.41, 5.74) is 1.83. The van der Waals surface area contributed by atoms with E-state index in [9.17, 15) is 14.0 Å². The first-order chi connectivity index (χ1) is 13.0. The van der Waals surface area contributed by atoms with Crippen LogP contribution in [0, 0.1) is 5.82 Å². The first-order valence-corrected chi connectivity index (χ1v) is 9.89. The quantitative estimate of drug-likeness (QED) is 0.606. The highest BCUT2D eigenvalue weighted by atomic mass is 32.1. The van der Waals surface area contributed by atoms with Crippen LogP contribution in [-0.2, 0) is 27.2 Å². The number of aromatic nitrogens is 2. The monoisotopic (exact) mass is 405 g/mol. The Kier molecular flexibility index (Phi) is 6.25. The van der Waals surface area contributed by atoms with Crippen LogP contribution in [0.15, 0.2) is 35.0 Å². The first-order valence-electron chi connectivity index (χ1n) is 8.13. The van der Waals surface area contributed by atoms with Crippen LogP contribution in [0.5, 0.6) is 0 Å². The summed E-state index contributed by atoms with van der Waals surface area (Å²) in [5, 5.41) is 7.24. The van der Waals surface area contributed by atoms with Crippen molar-refractivity contribution in [3.8, 4) is 10.6 Å². The zero-order valence-corrected chi connectivity index (χ0v) is 16.0. The zero-order valence-electron chi connectivity index (χ0n) is 14.4. The molecule has 3 rings (SSSR count). The molecular formula is C18H16FN3O3S2. The Labute approximate surface area is 163 Å². The fourth-order valence-corrected chi connectivity index (χ4v) is 3.82. The molecule has 0 fully saturated rings. The third-order valence-electron chi connectivity index (χ3n) is 3.39. The molecule has 0 aliphatic carbocycles. The van der Waals surface area contributed by atoms with Crippen molar-refractivity contribution in [2.45, 2.75) is 19.8 Å². The molecule has 0 unspecified atom stereocenters. The number of anilines is 1. The highest BCUT2D eigenvalue weighted by Gasteiger charge is 2.13. The van der Waals surface area contributed by atoms with E-state index in [0.717, 1.165) is 0 Å². The number of carbonyl (C=O) groups is 2. The fraction of sp³-hybridized carbons (Fsp3) is 0.222. The SMILES string of the molecule is CCOC(=O)Cc1csc(NC(=O)Cc2csc(-c3cccc(F)c3)n2)n1. The number of hydrogen-bond acceptors (Lipinski definition) is 7. The van der Waals surface area contributed by atoms with Crippen LogP contribution >= 0.6 is 22.7 Å². The summed E-state index contributed by atoms with van der Waals surface area (Å²) in [6.45, 7) is 2.06. The Morgan fingerprint density at radius 2 is 1.93 bits per heavy atom. The summed E-state index contributed by atoms with van der Waals surface area (Å²) in [6.07, 6.45) is 0.155. The second-order valence-electron chi connectivity index (χ2n) is 5.51. The molecule has 0 aliphatic rings. The predicted octanol–water partition coefficient (Wildman–Crippen LogP) is 3.69. The van der Waals surface area contributed by atoms with Gasteiger partial charge in [0.15, 0.2) is 5.13 Å². The summed E-state index contributed by atoms with van der Waals surface area (Å²) >= 11 is 2.59. The van der Waals surface area contributed by atoms with E-state index in [1.165, 1.54) is 34.8 Å². The number of halogens is 1. The molecule has 0 atom stereocenters. The number of amides is 1. The van der Waals surface area contributed by atoms with Gasteiger partial charge in [0, 0.05) is 16.3 Å². The molecule has 3 aromatic rings. The summed E-state index contributed by atoms with van der Waals surface area (Å²) in [4.78, 5) is 32.2. The molecule has 1 amide bonds. The van der Waals surface area contributed by atoms with Gasteiger partial charge in [0.25, 0.3) is 0 Å². The van der Waals surface area contributed by atoms with Crippen molar-refractivity contribution in [1.82, 2.24) is 9.97 Å². The second kappa shape index (κ2) is 8.83. The third kappa shape index (κ3) is 5.41. The normalized spacial score (nSPS) is 10.6. The van der Waals surface area contributed by atoms with Gasteiger partial charge in [-0.1, -0.05) is 12.1 Å². The van der Waals surface area contributed by atoms with E-state index in [1.54, 1.807) is 29.8 Å². The third-order valence-corrected chi connectivity index (χ3v) is 5.14. The fourth-order valence-electron chi connectivity index (χ4n) is 2.28. The van der Waals surface area contributed by atoms with Crippen molar-refractivity contribution in [3.63, 3.8) is 0 Å². The van der Waals surface area contributed by atoms with Gasteiger partial charge in [-0.3, -0.25) is 9.59 Å². The number of nitrogens with one attached hydrogen (secondary N) is 1. The van der Waals surface area contributed by atoms with Crippen molar-refractivity contribution in [2.75, 3.05) is 11.9 Å². The minimum atomic E-state index is -0.354. The van der Waals surface area contributed by atoms with E-state index >= 15 is 0 Å². The number of carbonyl (C=O) groups excluding carboxylic acids is 2. The molecule has 1 N–H and O–H groups in total. The molecule has 0 bridgehead atoms. The number of esters is 1. The van der Waals surface area contributed by atoms with Crippen LogP contribution in [0.1, 0.15) is 18.3 Å². The summed E-state index contributed by atoms with van der Waals surface area (Å²) in [6, 6.07) is 6.17. The molecule has 140 valence electrons. The Morgan fingerprint density at radius 3 is 2.70 bits per heavy atom. The number of rotatable bonds is 7. The average molecular weight is 405 g/mol. The number of hydrogen-bond donors (Lipinski definition) is 1. The van der Waals surface area contributed by atoms with Crippen molar-refractivity contribution < 1.29 is 18.7 Å². The Morgan fingerprint density at radius 1 is 1.15 bits per heavy atom. The molecule has 0 saturated carbocycles. The molecule has 27 heavy (non-hydrogen) atoms. The smallest absolute Gasteiger partial charge is 0.311 e. The molecular weight excluding hydrogens is 389 g/mol. The average Bonchev–Trinajstić information content (AvgIpc) is 3.25. The van der Waals surface area contributed by atoms with Crippen LogP contribution < -0.4 is 5.32 Å².